The van der Waals surface area contributed by atoms with Crippen molar-refractivity contribution in [3.63, 3.8) is 0 Å². The molecule has 5 atom stereocenters. The van der Waals surface area contributed by atoms with E-state index in [1.165, 1.54) is 25.6 Å². The van der Waals surface area contributed by atoms with Crippen molar-refractivity contribution >= 4 is 35.5 Å². The number of carboxylic acids is 1. The van der Waals surface area contributed by atoms with Crippen LogP contribution in [-0.4, -0.2) is 76.2 Å². The monoisotopic (exact) mass is 434 g/mol. The summed E-state index contributed by atoms with van der Waals surface area (Å²) in [5.74, 6) is -2.49. The van der Waals surface area contributed by atoms with Crippen molar-refractivity contribution in [3.05, 3.63) is 0 Å². The first-order valence-electron chi connectivity index (χ1n) is 9.47. The second-order valence-corrected chi connectivity index (χ2v) is 8.36. The molecule has 0 saturated heterocycles. The first-order valence-corrected chi connectivity index (χ1v) is 10.9. The molecule has 0 heterocycles. The third kappa shape index (κ3) is 10.5. The van der Waals surface area contributed by atoms with E-state index in [1.54, 1.807) is 0 Å². The third-order valence-electron chi connectivity index (χ3n) is 4.11. The molecule has 0 aromatic rings. The van der Waals surface area contributed by atoms with Crippen LogP contribution >= 0.6 is 11.8 Å². The van der Waals surface area contributed by atoms with Crippen molar-refractivity contribution in [3.8, 4) is 0 Å². The summed E-state index contributed by atoms with van der Waals surface area (Å²) >= 11 is 1.53. The number of aliphatic carboxylic acids is 1. The number of nitrogens with two attached hydrogens (primary N) is 1. The van der Waals surface area contributed by atoms with E-state index >= 15 is 0 Å². The van der Waals surface area contributed by atoms with Crippen molar-refractivity contribution in [2.24, 2.45) is 11.7 Å². The minimum absolute atomic E-state index is 0.0476. The zero-order valence-electron chi connectivity index (χ0n) is 17.6. The summed E-state index contributed by atoms with van der Waals surface area (Å²) in [5.41, 5.74) is 5.77. The Kier molecular flexibility index (Phi) is 12.5. The van der Waals surface area contributed by atoms with Gasteiger partial charge in [-0.2, -0.15) is 11.8 Å². The molecule has 0 aliphatic heterocycles. The fourth-order valence-electron chi connectivity index (χ4n) is 2.40. The Balaban J connectivity index is 4.93. The summed E-state index contributed by atoms with van der Waals surface area (Å²) in [6, 6.07) is -4.28. The summed E-state index contributed by atoms with van der Waals surface area (Å²) in [5, 5.41) is 26.2. The van der Waals surface area contributed by atoms with E-state index in [0.717, 1.165) is 0 Å². The van der Waals surface area contributed by atoms with Crippen LogP contribution in [0.15, 0.2) is 0 Å². The molecule has 3 amide bonds. The van der Waals surface area contributed by atoms with Crippen LogP contribution in [0.4, 0.5) is 0 Å². The first-order chi connectivity index (χ1) is 13.4. The van der Waals surface area contributed by atoms with Crippen LogP contribution in [0.2, 0.25) is 0 Å². The van der Waals surface area contributed by atoms with Crippen LogP contribution < -0.4 is 21.7 Å². The number of amides is 3. The molecule has 0 aromatic carbocycles. The van der Waals surface area contributed by atoms with Gasteiger partial charge in [0.25, 0.3) is 0 Å². The average molecular weight is 435 g/mol. The number of carbonyl (C=O) groups is 4. The van der Waals surface area contributed by atoms with Gasteiger partial charge >= 0.3 is 5.97 Å². The predicted octanol–water partition coefficient (Wildman–Crippen LogP) is -0.947. The lowest BCUT2D eigenvalue weighted by molar-refractivity contribution is -0.142. The molecule has 0 fully saturated rings. The molecular weight excluding hydrogens is 400 g/mol. The third-order valence-corrected chi connectivity index (χ3v) is 4.75. The molecule has 0 saturated carbocycles. The van der Waals surface area contributed by atoms with E-state index in [0.29, 0.717) is 12.2 Å². The Morgan fingerprint density at radius 2 is 1.55 bits per heavy atom. The van der Waals surface area contributed by atoms with E-state index < -0.39 is 54.0 Å². The fourth-order valence-corrected chi connectivity index (χ4v) is 2.89. The molecule has 0 spiro atoms. The Labute approximate surface area is 175 Å². The van der Waals surface area contributed by atoms with Crippen molar-refractivity contribution in [2.75, 3.05) is 12.0 Å². The van der Waals surface area contributed by atoms with Gasteiger partial charge in [-0.05, 0) is 44.6 Å². The van der Waals surface area contributed by atoms with Crippen molar-refractivity contribution in [1.82, 2.24) is 16.0 Å². The van der Waals surface area contributed by atoms with Gasteiger partial charge in [-0.15, -0.1) is 0 Å². The largest absolute Gasteiger partial charge is 0.480 e. The first kappa shape index (κ1) is 27.1. The van der Waals surface area contributed by atoms with E-state index in [9.17, 15) is 29.4 Å². The number of rotatable bonds is 13. The van der Waals surface area contributed by atoms with E-state index in [-0.39, 0.29) is 12.3 Å². The fraction of sp³-hybridized carbons (Fsp3) is 0.778. The molecule has 29 heavy (non-hydrogen) atoms. The lowest BCUT2D eigenvalue weighted by atomic mass is 10.0. The Hall–Kier alpha value is -1.85. The molecule has 0 aromatic heterocycles. The zero-order chi connectivity index (χ0) is 22.7. The molecule has 10 nitrogen and oxygen atoms in total. The van der Waals surface area contributed by atoms with Gasteiger partial charge in [-0.1, -0.05) is 13.8 Å². The van der Waals surface area contributed by atoms with E-state index in [2.05, 4.69) is 16.0 Å². The standard InChI is InChI=1S/C18H34N4O6S/c1-9(2)8-13(18(27)28)21-15(24)10(3)20-17(26)14(11(4)23)22-16(25)12(19)6-7-29-5/h9-14,23H,6-8,19H2,1-5H3,(H,20,26)(H,21,24)(H,22,25)(H,27,28). The van der Waals surface area contributed by atoms with Gasteiger partial charge in [0.05, 0.1) is 12.1 Å². The quantitative estimate of drug-likeness (QED) is 0.215. The number of aliphatic hydroxyl groups excluding tert-OH is 1. The van der Waals surface area contributed by atoms with Crippen LogP contribution in [-0.2, 0) is 19.2 Å². The maximum absolute atomic E-state index is 12.4. The molecule has 0 aliphatic rings. The normalized spacial score (nSPS) is 16.3. The second kappa shape index (κ2) is 13.4. The molecule has 5 unspecified atom stereocenters. The lowest BCUT2D eigenvalue weighted by Gasteiger charge is -2.25. The van der Waals surface area contributed by atoms with Crippen molar-refractivity contribution in [1.29, 1.82) is 0 Å². The molecular formula is C18H34N4O6S. The molecule has 168 valence electrons. The molecule has 0 aliphatic carbocycles. The topological polar surface area (TPSA) is 171 Å². The van der Waals surface area contributed by atoms with Crippen molar-refractivity contribution < 1.29 is 29.4 Å². The number of aliphatic hydroxyl groups is 1. The molecule has 0 rings (SSSR count). The van der Waals surface area contributed by atoms with Gasteiger partial charge in [-0.25, -0.2) is 4.79 Å². The maximum Gasteiger partial charge on any atom is 0.326 e. The smallest absolute Gasteiger partial charge is 0.326 e. The Morgan fingerprint density at radius 3 is 2.00 bits per heavy atom. The van der Waals surface area contributed by atoms with Crippen LogP contribution in [0.5, 0.6) is 0 Å². The van der Waals surface area contributed by atoms with Crippen molar-refractivity contribution in [2.45, 2.75) is 70.8 Å². The van der Waals surface area contributed by atoms with Gasteiger partial charge in [-0.3, -0.25) is 14.4 Å². The van der Waals surface area contributed by atoms with Crippen LogP contribution in [0.3, 0.4) is 0 Å². The van der Waals surface area contributed by atoms with Gasteiger partial charge < -0.3 is 31.9 Å². The minimum atomic E-state index is -1.30. The number of hydrogen-bond acceptors (Lipinski definition) is 7. The number of carbonyl (C=O) groups excluding carboxylic acids is 3. The van der Waals surface area contributed by atoms with Crippen LogP contribution in [0.1, 0.15) is 40.5 Å². The van der Waals surface area contributed by atoms with Crippen LogP contribution in [0, 0.1) is 5.92 Å². The Morgan fingerprint density at radius 1 is 0.966 bits per heavy atom. The summed E-state index contributed by atoms with van der Waals surface area (Å²) in [6.07, 6.45) is 1.29. The zero-order valence-corrected chi connectivity index (χ0v) is 18.4. The number of carboxylic acid groups (broad SMARTS) is 1. The van der Waals surface area contributed by atoms with Gasteiger partial charge in [0.1, 0.15) is 18.1 Å². The molecule has 0 bridgehead atoms. The molecule has 11 heteroatoms. The summed E-state index contributed by atoms with van der Waals surface area (Å²) < 4.78 is 0. The maximum atomic E-state index is 12.4. The average Bonchev–Trinajstić information content (AvgIpc) is 2.62. The Bertz CT molecular complexity index is 573. The summed E-state index contributed by atoms with van der Waals surface area (Å²) in [6.45, 7) is 6.36. The predicted molar refractivity (Wildman–Crippen MR) is 111 cm³/mol. The lowest BCUT2D eigenvalue weighted by Crippen LogP contribution is -2.59. The van der Waals surface area contributed by atoms with Gasteiger partial charge in [0.15, 0.2) is 0 Å². The highest BCUT2D eigenvalue weighted by molar-refractivity contribution is 7.98. The number of thioether (sulfide) groups is 1. The highest BCUT2D eigenvalue weighted by Crippen LogP contribution is 2.06. The van der Waals surface area contributed by atoms with Gasteiger partial charge in [0, 0.05) is 0 Å². The van der Waals surface area contributed by atoms with E-state index in [4.69, 9.17) is 5.73 Å². The minimum Gasteiger partial charge on any atom is -0.480 e. The second-order valence-electron chi connectivity index (χ2n) is 7.37. The van der Waals surface area contributed by atoms with Crippen LogP contribution in [0.25, 0.3) is 0 Å². The van der Waals surface area contributed by atoms with E-state index in [1.807, 2.05) is 20.1 Å². The number of hydrogen-bond donors (Lipinski definition) is 6. The SMILES string of the molecule is CSCCC(N)C(=O)NC(C(=O)NC(C)C(=O)NC(CC(C)C)C(=O)O)C(C)O. The highest BCUT2D eigenvalue weighted by atomic mass is 32.2. The van der Waals surface area contributed by atoms with Gasteiger partial charge in [0.2, 0.25) is 17.7 Å². The molecule has 0 radical (unpaired) electrons. The highest BCUT2D eigenvalue weighted by Gasteiger charge is 2.30. The molecule has 7 N–H and O–H groups in total. The number of nitrogens with one attached hydrogen (secondary N) is 3. The summed E-state index contributed by atoms with van der Waals surface area (Å²) in [7, 11) is 0. The summed E-state index contributed by atoms with van der Waals surface area (Å²) in [4.78, 5) is 48.1.